The lowest BCUT2D eigenvalue weighted by Crippen LogP contribution is -1.72. The number of oxime groups is 1. The van der Waals surface area contributed by atoms with Gasteiger partial charge in [0.15, 0.2) is 0 Å². The summed E-state index contributed by atoms with van der Waals surface area (Å²) in [6.07, 6.45) is 2.49. The van der Waals surface area contributed by atoms with E-state index < -0.39 is 0 Å². The Bertz CT molecular complexity index is 229. The molecule has 0 bridgehead atoms. The summed E-state index contributed by atoms with van der Waals surface area (Å²) in [6.45, 7) is 2.10. The highest BCUT2D eigenvalue weighted by Crippen LogP contribution is 2.12. The first-order valence-corrected chi connectivity index (χ1v) is 3.99. The highest BCUT2D eigenvalue weighted by Gasteiger charge is 1.93. The fourth-order valence-corrected chi connectivity index (χ4v) is 1.55. The molecular weight excluding hydrogens is 146 g/mol. The first-order chi connectivity index (χ1) is 4.86. The van der Waals surface area contributed by atoms with Crippen molar-refractivity contribution in [3.05, 3.63) is 21.9 Å². The summed E-state index contributed by atoms with van der Waals surface area (Å²) in [5.74, 6) is 0. The Morgan fingerprint density at radius 3 is 3.10 bits per heavy atom. The topological polar surface area (TPSA) is 32.6 Å². The Balaban J connectivity index is 2.78. The van der Waals surface area contributed by atoms with Gasteiger partial charge >= 0.3 is 0 Å². The second kappa shape index (κ2) is 3.37. The summed E-state index contributed by atoms with van der Waals surface area (Å²) in [5.41, 5.74) is 1.29. The Labute approximate surface area is 63.8 Å². The summed E-state index contributed by atoms with van der Waals surface area (Å²) < 4.78 is 0. The maximum absolute atomic E-state index is 8.18. The van der Waals surface area contributed by atoms with Crippen LogP contribution in [0, 0.1) is 0 Å². The van der Waals surface area contributed by atoms with Crippen molar-refractivity contribution in [3.63, 3.8) is 0 Å². The molecule has 1 rings (SSSR count). The Hall–Kier alpha value is -0.830. The first kappa shape index (κ1) is 7.28. The summed E-state index contributed by atoms with van der Waals surface area (Å²) in [5, 5.41) is 13.2. The lowest BCUT2D eigenvalue weighted by atomic mass is 10.2. The van der Waals surface area contributed by atoms with Crippen molar-refractivity contribution in [1.82, 2.24) is 0 Å². The van der Waals surface area contributed by atoms with Crippen LogP contribution < -0.4 is 0 Å². The van der Waals surface area contributed by atoms with Crippen LogP contribution in [0.1, 0.15) is 17.4 Å². The molecule has 0 saturated carbocycles. The van der Waals surface area contributed by atoms with E-state index in [9.17, 15) is 0 Å². The standard InChI is InChI=1S/C7H9NOS/c1-2-6-3-7(4-8-9)10-5-6/h3-5,9H,2H2,1H3. The van der Waals surface area contributed by atoms with Gasteiger partial charge in [0, 0.05) is 4.88 Å². The quantitative estimate of drug-likeness (QED) is 0.396. The molecule has 0 amide bonds. The van der Waals surface area contributed by atoms with Gasteiger partial charge in [-0.05, 0) is 23.4 Å². The molecule has 0 aliphatic heterocycles. The third kappa shape index (κ3) is 1.57. The molecule has 2 nitrogen and oxygen atoms in total. The zero-order valence-electron chi connectivity index (χ0n) is 5.74. The molecule has 1 aromatic heterocycles. The van der Waals surface area contributed by atoms with E-state index in [1.807, 2.05) is 6.07 Å². The number of hydrogen-bond acceptors (Lipinski definition) is 3. The van der Waals surface area contributed by atoms with Gasteiger partial charge in [0.25, 0.3) is 0 Å². The van der Waals surface area contributed by atoms with Gasteiger partial charge in [0.05, 0.1) is 6.21 Å². The molecule has 0 aliphatic rings. The van der Waals surface area contributed by atoms with E-state index in [1.54, 1.807) is 11.3 Å². The van der Waals surface area contributed by atoms with E-state index in [0.717, 1.165) is 11.3 Å². The fourth-order valence-electron chi connectivity index (χ4n) is 0.704. The van der Waals surface area contributed by atoms with Crippen molar-refractivity contribution in [2.45, 2.75) is 13.3 Å². The van der Waals surface area contributed by atoms with Gasteiger partial charge in [-0.15, -0.1) is 11.3 Å². The molecule has 54 valence electrons. The molecule has 1 N–H and O–H groups in total. The largest absolute Gasteiger partial charge is 0.411 e. The predicted octanol–water partition coefficient (Wildman–Crippen LogP) is 2.12. The Kier molecular flexibility index (Phi) is 2.45. The van der Waals surface area contributed by atoms with E-state index in [0.29, 0.717) is 0 Å². The average Bonchev–Trinajstić information content (AvgIpc) is 2.37. The summed E-state index contributed by atoms with van der Waals surface area (Å²) in [7, 11) is 0. The van der Waals surface area contributed by atoms with Crippen molar-refractivity contribution in [3.8, 4) is 0 Å². The van der Waals surface area contributed by atoms with E-state index in [2.05, 4.69) is 17.5 Å². The van der Waals surface area contributed by atoms with Crippen LogP contribution in [-0.2, 0) is 6.42 Å². The normalized spacial score (nSPS) is 10.9. The van der Waals surface area contributed by atoms with Crippen LogP contribution in [-0.4, -0.2) is 11.4 Å². The molecule has 0 spiro atoms. The lowest BCUT2D eigenvalue weighted by Gasteiger charge is -1.81. The second-order valence-corrected chi connectivity index (χ2v) is 2.90. The molecule has 0 unspecified atom stereocenters. The van der Waals surface area contributed by atoms with Crippen molar-refractivity contribution in [2.24, 2.45) is 5.16 Å². The zero-order chi connectivity index (χ0) is 7.40. The minimum absolute atomic E-state index is 0.999. The van der Waals surface area contributed by atoms with Gasteiger partial charge in [0.1, 0.15) is 0 Å². The fraction of sp³-hybridized carbons (Fsp3) is 0.286. The molecule has 0 atom stereocenters. The van der Waals surface area contributed by atoms with Gasteiger partial charge in [-0.2, -0.15) is 0 Å². The molecule has 0 saturated heterocycles. The maximum Gasteiger partial charge on any atom is 0.0833 e. The van der Waals surface area contributed by atoms with E-state index in [4.69, 9.17) is 5.21 Å². The third-order valence-electron chi connectivity index (χ3n) is 1.27. The number of hydrogen-bond donors (Lipinski definition) is 1. The summed E-state index contributed by atoms with van der Waals surface area (Å²) >= 11 is 1.59. The number of aryl methyl sites for hydroxylation is 1. The molecule has 0 aromatic carbocycles. The van der Waals surface area contributed by atoms with Gasteiger partial charge in [0.2, 0.25) is 0 Å². The van der Waals surface area contributed by atoms with Crippen LogP contribution in [0.4, 0.5) is 0 Å². The second-order valence-electron chi connectivity index (χ2n) is 1.96. The predicted molar refractivity (Wildman–Crippen MR) is 43.1 cm³/mol. The van der Waals surface area contributed by atoms with Crippen LogP contribution in [0.15, 0.2) is 16.6 Å². The van der Waals surface area contributed by atoms with Crippen LogP contribution in [0.3, 0.4) is 0 Å². The minimum atomic E-state index is 0.999. The molecule has 0 fully saturated rings. The van der Waals surface area contributed by atoms with Crippen LogP contribution in [0.25, 0.3) is 0 Å². The van der Waals surface area contributed by atoms with Crippen molar-refractivity contribution in [1.29, 1.82) is 0 Å². The molecule has 3 heteroatoms. The smallest absolute Gasteiger partial charge is 0.0833 e. The van der Waals surface area contributed by atoms with E-state index in [1.165, 1.54) is 11.8 Å². The molecule has 10 heavy (non-hydrogen) atoms. The van der Waals surface area contributed by atoms with Crippen molar-refractivity contribution >= 4 is 17.6 Å². The third-order valence-corrected chi connectivity index (χ3v) is 2.18. The van der Waals surface area contributed by atoms with Crippen LogP contribution >= 0.6 is 11.3 Å². The Morgan fingerprint density at radius 2 is 2.60 bits per heavy atom. The summed E-state index contributed by atoms with van der Waals surface area (Å²) in [4.78, 5) is 0.999. The molecular formula is C7H9NOS. The van der Waals surface area contributed by atoms with E-state index >= 15 is 0 Å². The highest BCUT2D eigenvalue weighted by atomic mass is 32.1. The van der Waals surface area contributed by atoms with Crippen LogP contribution in [0.5, 0.6) is 0 Å². The highest BCUT2D eigenvalue weighted by molar-refractivity contribution is 7.11. The maximum atomic E-state index is 8.18. The SMILES string of the molecule is CCc1csc(C=NO)c1. The van der Waals surface area contributed by atoms with Gasteiger partial charge < -0.3 is 5.21 Å². The van der Waals surface area contributed by atoms with Crippen molar-refractivity contribution < 1.29 is 5.21 Å². The summed E-state index contributed by atoms with van der Waals surface area (Å²) in [6, 6.07) is 2.02. The monoisotopic (exact) mass is 155 g/mol. The number of thiophene rings is 1. The molecule has 1 aromatic rings. The van der Waals surface area contributed by atoms with Gasteiger partial charge in [-0.25, -0.2) is 0 Å². The minimum Gasteiger partial charge on any atom is -0.411 e. The molecule has 1 heterocycles. The molecule has 0 radical (unpaired) electrons. The van der Waals surface area contributed by atoms with Gasteiger partial charge in [-0.3, -0.25) is 0 Å². The lowest BCUT2D eigenvalue weighted by molar-refractivity contribution is 0.322. The number of rotatable bonds is 2. The van der Waals surface area contributed by atoms with Crippen molar-refractivity contribution in [2.75, 3.05) is 0 Å². The zero-order valence-corrected chi connectivity index (χ0v) is 6.56. The Morgan fingerprint density at radius 1 is 1.80 bits per heavy atom. The first-order valence-electron chi connectivity index (χ1n) is 3.11. The van der Waals surface area contributed by atoms with Crippen LogP contribution in [0.2, 0.25) is 0 Å². The number of nitrogens with zero attached hydrogens (tertiary/aromatic N) is 1. The van der Waals surface area contributed by atoms with Gasteiger partial charge in [-0.1, -0.05) is 12.1 Å². The molecule has 0 aliphatic carbocycles. The average molecular weight is 155 g/mol. The van der Waals surface area contributed by atoms with E-state index in [-0.39, 0.29) is 0 Å².